The number of esters is 1. The summed E-state index contributed by atoms with van der Waals surface area (Å²) in [5.74, 6) is -32.8. The number of hydrogen-bond acceptors (Lipinski definition) is 8. The minimum absolute atomic E-state index is 0. The summed E-state index contributed by atoms with van der Waals surface area (Å²) in [6, 6.07) is 31.5. The standard InChI is InChI=1S/C22H28.C14H14.C9H5F15O2.C6H10O6.2CH4/c1-16-8-10-20(14-18(16)3)22(12-6-5-7-13-22)21-11-9-17(2)19(4)15-21;1-11-3-7-13(8-4-11)14-9-5-12(2)6-10-14;1-25-2-3(10,11)26-9(23,24)7(18,19)5(14,15)4(12,13)6(16,17)8(20,21)22;1-5(7)10-4-12-6(8)11-3-9-2;;/h8-11,14-15H,5-7,12-13H2,1-4H3;3-10H,1-2H3;2H2,1H3;3-4H2,1-2H3;2*1H4. The Balaban J connectivity index is 0.00000102. The summed E-state index contributed by atoms with van der Waals surface area (Å²) in [7, 11) is 1.69. The van der Waals surface area contributed by atoms with Gasteiger partial charge in [-0.1, -0.05) is 130 Å². The fraction of sp³-hybridized carbons (Fsp3) is 0.509. The Morgan fingerprint density at radius 2 is 0.882 bits per heavy atom. The largest absolute Gasteiger partial charge is 0.513 e. The van der Waals surface area contributed by atoms with Crippen molar-refractivity contribution >= 4 is 12.1 Å². The van der Waals surface area contributed by atoms with Gasteiger partial charge in [-0.15, -0.1) is 0 Å². The number of ether oxygens (including phenoxy) is 6. The smallest absolute Gasteiger partial charge is 0.428 e. The molecule has 1 aliphatic rings. The van der Waals surface area contributed by atoms with Crippen LogP contribution in [-0.2, 0) is 38.6 Å². The fourth-order valence-corrected chi connectivity index (χ4v) is 6.98. The van der Waals surface area contributed by atoms with Crippen LogP contribution in [-0.4, -0.2) is 88.6 Å². The average Bonchev–Trinajstić information content (AvgIpc) is 3.30. The summed E-state index contributed by atoms with van der Waals surface area (Å²) >= 11 is 0. The highest BCUT2D eigenvalue weighted by Gasteiger charge is 2.91. The van der Waals surface area contributed by atoms with Crippen molar-refractivity contribution in [3.8, 4) is 11.1 Å². The summed E-state index contributed by atoms with van der Waals surface area (Å²) in [6.45, 7) is 11.4. The fourth-order valence-electron chi connectivity index (χ4n) is 6.98. The molecule has 0 spiro atoms. The number of benzene rings is 4. The molecular weight excluding hydrogens is 1050 g/mol. The van der Waals surface area contributed by atoms with Crippen LogP contribution in [0.4, 0.5) is 70.7 Å². The highest BCUT2D eigenvalue weighted by molar-refractivity contribution is 5.66. The number of hydrogen-bond donors (Lipinski definition) is 0. The van der Waals surface area contributed by atoms with Crippen LogP contribution in [0.15, 0.2) is 84.9 Å². The van der Waals surface area contributed by atoms with Crippen molar-refractivity contribution < 1.29 is 104 Å². The first-order valence-electron chi connectivity index (χ1n) is 22.2. The van der Waals surface area contributed by atoms with Crippen molar-refractivity contribution in [2.45, 2.75) is 143 Å². The molecule has 8 nitrogen and oxygen atoms in total. The number of methoxy groups -OCH3 is 2. The highest BCUT2D eigenvalue weighted by atomic mass is 19.4. The minimum Gasteiger partial charge on any atom is -0.428 e. The first kappa shape index (κ1) is 70.5. The molecule has 430 valence electrons. The van der Waals surface area contributed by atoms with Crippen molar-refractivity contribution in [1.82, 2.24) is 0 Å². The van der Waals surface area contributed by atoms with Crippen LogP contribution >= 0.6 is 0 Å². The topological polar surface area (TPSA) is 89.5 Å². The molecule has 23 heteroatoms. The van der Waals surface area contributed by atoms with Crippen LogP contribution in [0.25, 0.3) is 11.1 Å². The highest BCUT2D eigenvalue weighted by Crippen LogP contribution is 2.61. The Morgan fingerprint density at radius 1 is 0.487 bits per heavy atom. The van der Waals surface area contributed by atoms with Crippen molar-refractivity contribution in [3.05, 3.63) is 129 Å². The summed E-state index contributed by atoms with van der Waals surface area (Å²) in [5, 5.41) is 0. The van der Waals surface area contributed by atoms with Gasteiger partial charge >= 0.3 is 54.2 Å². The molecule has 76 heavy (non-hydrogen) atoms. The van der Waals surface area contributed by atoms with Gasteiger partial charge in [-0.05, 0) is 98.9 Å². The first-order chi connectivity index (χ1) is 34.0. The van der Waals surface area contributed by atoms with E-state index in [9.17, 15) is 75.4 Å². The number of rotatable bonds is 15. The molecule has 1 fully saturated rings. The van der Waals surface area contributed by atoms with Gasteiger partial charge in [0.25, 0.3) is 0 Å². The van der Waals surface area contributed by atoms with E-state index in [0.29, 0.717) is 7.11 Å². The van der Waals surface area contributed by atoms with Crippen LogP contribution in [0, 0.1) is 41.5 Å². The number of carbonyl (C=O) groups is 2. The molecular formula is C53H65F15O8. The summed E-state index contributed by atoms with van der Waals surface area (Å²) < 4.78 is 211. The monoisotopic (exact) mass is 1110 g/mol. The molecule has 1 aliphatic carbocycles. The second kappa shape index (κ2) is 28.7. The van der Waals surface area contributed by atoms with Gasteiger partial charge in [-0.3, -0.25) is 4.79 Å². The molecule has 0 aromatic heterocycles. The van der Waals surface area contributed by atoms with E-state index >= 15 is 0 Å². The van der Waals surface area contributed by atoms with E-state index < -0.39 is 67.6 Å². The minimum atomic E-state index is -8.20. The Morgan fingerprint density at radius 3 is 1.24 bits per heavy atom. The molecule has 0 radical (unpaired) electrons. The molecule has 0 bridgehead atoms. The Labute approximate surface area is 433 Å². The van der Waals surface area contributed by atoms with Gasteiger partial charge in [-0.25, -0.2) is 9.53 Å². The third-order valence-corrected chi connectivity index (χ3v) is 11.5. The lowest BCUT2D eigenvalue weighted by Crippen LogP contribution is -2.70. The van der Waals surface area contributed by atoms with Gasteiger partial charge in [0.2, 0.25) is 6.79 Å². The van der Waals surface area contributed by atoms with Gasteiger partial charge in [0.1, 0.15) is 6.61 Å². The van der Waals surface area contributed by atoms with E-state index in [1.807, 2.05) is 4.74 Å². The molecule has 4 aromatic carbocycles. The normalized spacial score (nSPS) is 13.8. The van der Waals surface area contributed by atoms with Gasteiger partial charge in [-0.2, -0.15) is 65.9 Å². The Bertz CT molecular complexity index is 2310. The molecule has 0 atom stereocenters. The molecule has 4 aromatic rings. The molecule has 0 unspecified atom stereocenters. The number of carbonyl (C=O) groups excluding carboxylic acids is 2. The maximum atomic E-state index is 13.0. The maximum absolute atomic E-state index is 13.0. The van der Waals surface area contributed by atoms with Gasteiger partial charge in [0.05, 0.1) is 0 Å². The zero-order valence-electron chi connectivity index (χ0n) is 41.7. The van der Waals surface area contributed by atoms with E-state index in [-0.39, 0.29) is 27.1 Å². The van der Waals surface area contributed by atoms with Crippen LogP contribution in [0.1, 0.15) is 98.4 Å². The second-order valence-electron chi connectivity index (χ2n) is 17.2. The summed E-state index contributed by atoms with van der Waals surface area (Å²) in [6.07, 6.45) is -14.7. The van der Waals surface area contributed by atoms with Crippen LogP contribution < -0.4 is 0 Å². The number of aryl methyl sites for hydroxylation is 6. The Hall–Kier alpha value is -5.55. The van der Waals surface area contributed by atoms with Crippen molar-refractivity contribution in [1.29, 1.82) is 0 Å². The third-order valence-electron chi connectivity index (χ3n) is 11.5. The van der Waals surface area contributed by atoms with Crippen LogP contribution in [0.3, 0.4) is 0 Å². The van der Waals surface area contributed by atoms with E-state index in [1.54, 1.807) is 0 Å². The summed E-state index contributed by atoms with van der Waals surface area (Å²) in [4.78, 5) is 20.6. The van der Waals surface area contributed by atoms with Crippen molar-refractivity contribution in [2.75, 3.05) is 34.4 Å². The SMILES string of the molecule is C.C.COCC(F)(F)OC(F)(F)C(F)(F)C(F)(F)C(F)(F)C(F)(F)C(F)(F)F.COCOC(=O)OCOC(C)=O.Cc1ccc(-c2ccc(C)cc2)cc1.Cc1ccc(C2(c3ccc(C)c(C)c3)CCCCC2)cc1C. The van der Waals surface area contributed by atoms with E-state index in [4.69, 9.17) is 0 Å². The van der Waals surface area contributed by atoms with Crippen molar-refractivity contribution in [2.24, 2.45) is 0 Å². The molecule has 0 aliphatic heterocycles. The van der Waals surface area contributed by atoms with E-state index in [0.717, 1.165) is 0 Å². The number of halogens is 15. The molecule has 0 amide bonds. The Kier molecular flexibility index (Phi) is 26.6. The molecule has 5 rings (SSSR count). The average molecular weight is 1120 g/mol. The first-order valence-corrected chi connectivity index (χ1v) is 22.2. The predicted molar refractivity (Wildman–Crippen MR) is 255 cm³/mol. The zero-order chi connectivity index (χ0) is 56.7. The predicted octanol–water partition coefficient (Wildman–Crippen LogP) is 16.6. The quantitative estimate of drug-likeness (QED) is 0.0661. The molecule has 0 saturated heterocycles. The lowest BCUT2D eigenvalue weighted by molar-refractivity contribution is -0.493. The molecule has 0 N–H and O–H groups in total. The van der Waals surface area contributed by atoms with Crippen LogP contribution in [0.5, 0.6) is 0 Å². The zero-order valence-corrected chi connectivity index (χ0v) is 41.7. The molecule has 0 heterocycles. The summed E-state index contributed by atoms with van der Waals surface area (Å²) in [5.41, 5.74) is 14.1. The van der Waals surface area contributed by atoms with Gasteiger partial charge < -0.3 is 23.7 Å². The number of alkyl halides is 15. The lowest BCUT2D eigenvalue weighted by Gasteiger charge is -2.39. The van der Waals surface area contributed by atoms with Crippen LogP contribution in [0.2, 0.25) is 0 Å². The van der Waals surface area contributed by atoms with Crippen molar-refractivity contribution in [3.63, 3.8) is 0 Å². The van der Waals surface area contributed by atoms with Gasteiger partial charge in [0, 0.05) is 26.6 Å². The van der Waals surface area contributed by atoms with Gasteiger partial charge in [0.15, 0.2) is 6.79 Å². The maximum Gasteiger partial charge on any atom is 0.513 e. The third kappa shape index (κ3) is 18.0. The van der Waals surface area contributed by atoms with E-state index in [2.05, 4.69) is 150 Å². The molecule has 1 saturated carbocycles. The lowest BCUT2D eigenvalue weighted by atomic mass is 9.64. The second-order valence-corrected chi connectivity index (χ2v) is 17.2. The van der Waals surface area contributed by atoms with E-state index in [1.165, 1.54) is 102 Å².